The number of nitrogens with two attached hydrogens (primary N) is 1. The van der Waals surface area contributed by atoms with Crippen LogP contribution in [-0.2, 0) is 25.8 Å². The molecular formula is C24H27ClN4O7S2. The summed E-state index contributed by atoms with van der Waals surface area (Å²) >= 11 is 7.29. The topological polar surface area (TPSA) is 174 Å². The molecule has 204 valence electrons. The maximum atomic E-state index is 13.6. The van der Waals surface area contributed by atoms with E-state index in [1.165, 1.54) is 31.0 Å². The van der Waals surface area contributed by atoms with Gasteiger partial charge >= 0.3 is 10.3 Å². The second-order valence-electron chi connectivity index (χ2n) is 8.91. The number of methoxy groups -OCH3 is 1. The summed E-state index contributed by atoms with van der Waals surface area (Å²) in [5.41, 5.74) is 1.32. The van der Waals surface area contributed by atoms with Gasteiger partial charge in [0.15, 0.2) is 0 Å². The van der Waals surface area contributed by atoms with Gasteiger partial charge < -0.3 is 20.3 Å². The Kier molecular flexibility index (Phi) is 9.11. The third kappa shape index (κ3) is 6.93. The van der Waals surface area contributed by atoms with E-state index < -0.39 is 28.4 Å². The van der Waals surface area contributed by atoms with E-state index in [-0.39, 0.29) is 36.4 Å². The first-order valence-corrected chi connectivity index (χ1v) is 14.2. The minimum absolute atomic E-state index is 0.198. The lowest BCUT2D eigenvalue weighted by Crippen LogP contribution is -2.24. The van der Waals surface area contributed by atoms with Crippen molar-refractivity contribution >= 4 is 44.8 Å². The van der Waals surface area contributed by atoms with Crippen LogP contribution in [0, 0.1) is 5.92 Å². The average molecular weight is 583 g/mol. The number of carbonyl (C=O) groups excluding carboxylic acids is 1. The summed E-state index contributed by atoms with van der Waals surface area (Å²) in [6.07, 6.45) is 1.53. The minimum atomic E-state index is -4.12. The third-order valence-electron chi connectivity index (χ3n) is 6.20. The summed E-state index contributed by atoms with van der Waals surface area (Å²) < 4.78 is 32.1. The molecule has 0 radical (unpaired) electrons. The summed E-state index contributed by atoms with van der Waals surface area (Å²) in [4.78, 5) is 22.8. The Morgan fingerprint density at radius 1 is 1.34 bits per heavy atom. The molecule has 1 unspecified atom stereocenters. The molecule has 5 N–H and O–H groups in total. The standard InChI is InChI=1S/C24H27ClN4O7S2/c1-35-11-21-17(22(31)13-3-2-4-15(25)5-13)8-20(37-21)23(32)18-9-27-12-28-24(18)29-16-6-14(19(30)7-16)10-36-38(26,33)34/h2-5,8-9,12,14,16,19,22,30-31H,6-7,10-11H2,1H3,(H2,26,33,34)(H,27,28,29)/t14-,16?,19+,22-/m1/s1. The number of halogens is 1. The van der Waals surface area contributed by atoms with Gasteiger partial charge in [-0.15, -0.1) is 11.3 Å². The third-order valence-corrected chi connectivity index (χ3v) is 8.02. The number of hydrogen-bond donors (Lipinski definition) is 4. The van der Waals surface area contributed by atoms with E-state index in [2.05, 4.69) is 19.5 Å². The molecule has 0 bridgehead atoms. The number of anilines is 1. The van der Waals surface area contributed by atoms with Gasteiger partial charge in [-0.25, -0.2) is 15.1 Å². The van der Waals surface area contributed by atoms with E-state index in [4.69, 9.17) is 21.5 Å². The fourth-order valence-corrected chi connectivity index (χ4v) is 6.09. The van der Waals surface area contributed by atoms with Crippen molar-refractivity contribution in [2.75, 3.05) is 19.0 Å². The molecule has 11 nitrogen and oxygen atoms in total. The highest BCUT2D eigenvalue weighted by Crippen LogP contribution is 2.35. The molecule has 0 aliphatic heterocycles. The molecule has 1 aliphatic rings. The highest BCUT2D eigenvalue weighted by atomic mass is 35.5. The van der Waals surface area contributed by atoms with Crippen LogP contribution in [0.4, 0.5) is 5.82 Å². The lowest BCUT2D eigenvalue weighted by molar-refractivity contribution is 0.101. The van der Waals surface area contributed by atoms with Crippen LogP contribution in [0.15, 0.2) is 42.9 Å². The number of rotatable bonds is 11. The van der Waals surface area contributed by atoms with Gasteiger partial charge in [-0.2, -0.15) is 8.42 Å². The van der Waals surface area contributed by atoms with Crippen molar-refractivity contribution in [3.8, 4) is 0 Å². The van der Waals surface area contributed by atoms with Crippen molar-refractivity contribution in [3.05, 3.63) is 74.3 Å². The molecule has 1 fully saturated rings. The van der Waals surface area contributed by atoms with Gasteiger partial charge in [0.25, 0.3) is 0 Å². The quantitative estimate of drug-likeness (QED) is 0.246. The van der Waals surface area contributed by atoms with Crippen molar-refractivity contribution in [2.24, 2.45) is 11.1 Å². The van der Waals surface area contributed by atoms with Gasteiger partial charge in [0, 0.05) is 40.7 Å². The largest absolute Gasteiger partial charge is 0.393 e. The van der Waals surface area contributed by atoms with Crippen LogP contribution in [0.25, 0.3) is 0 Å². The van der Waals surface area contributed by atoms with Gasteiger partial charge in [0.05, 0.1) is 29.8 Å². The zero-order valence-corrected chi connectivity index (χ0v) is 22.7. The fraction of sp³-hybridized carbons (Fsp3) is 0.375. The molecule has 3 aromatic rings. The van der Waals surface area contributed by atoms with E-state index in [0.717, 1.165) is 0 Å². The van der Waals surface area contributed by atoms with Gasteiger partial charge in [-0.05, 0) is 36.6 Å². The number of thiophene rings is 1. The van der Waals surface area contributed by atoms with Crippen LogP contribution in [0.3, 0.4) is 0 Å². The van der Waals surface area contributed by atoms with Crippen LogP contribution in [0.5, 0.6) is 0 Å². The summed E-state index contributed by atoms with van der Waals surface area (Å²) in [6.45, 7) is -0.0494. The first-order chi connectivity index (χ1) is 18.1. The summed E-state index contributed by atoms with van der Waals surface area (Å²) in [7, 11) is -2.59. The van der Waals surface area contributed by atoms with Gasteiger partial charge in [0.2, 0.25) is 5.78 Å². The Morgan fingerprint density at radius 2 is 2.13 bits per heavy atom. The molecule has 1 aromatic carbocycles. The summed E-state index contributed by atoms with van der Waals surface area (Å²) in [5.74, 6) is -0.544. The predicted octanol–water partition coefficient (Wildman–Crippen LogP) is 2.42. The average Bonchev–Trinajstić information content (AvgIpc) is 3.45. The number of ketones is 1. The fourth-order valence-electron chi connectivity index (χ4n) is 4.41. The lowest BCUT2D eigenvalue weighted by Gasteiger charge is -2.15. The predicted molar refractivity (Wildman–Crippen MR) is 141 cm³/mol. The summed E-state index contributed by atoms with van der Waals surface area (Å²) in [6, 6.07) is 8.18. The van der Waals surface area contributed by atoms with E-state index in [1.54, 1.807) is 30.3 Å². The molecule has 0 amide bonds. The number of ether oxygens (including phenoxy) is 1. The summed E-state index contributed by atoms with van der Waals surface area (Å²) in [5, 5.41) is 29.9. The zero-order valence-electron chi connectivity index (χ0n) is 20.3. The Labute approximate surface area is 228 Å². The number of aromatic nitrogens is 2. The molecular weight excluding hydrogens is 556 g/mol. The number of nitrogens with one attached hydrogen (secondary N) is 1. The first kappa shape index (κ1) is 28.5. The van der Waals surface area contributed by atoms with E-state index >= 15 is 0 Å². The molecule has 38 heavy (non-hydrogen) atoms. The molecule has 4 atom stereocenters. The van der Waals surface area contributed by atoms with Gasteiger partial charge in [0.1, 0.15) is 18.2 Å². The number of carbonyl (C=O) groups is 1. The number of nitrogens with zero attached hydrogens (tertiary/aromatic N) is 2. The molecule has 4 rings (SSSR count). The zero-order chi connectivity index (χ0) is 27.4. The Hall–Kier alpha value is -2.49. The van der Waals surface area contributed by atoms with Crippen molar-refractivity contribution in [2.45, 2.75) is 37.7 Å². The normalized spacial score (nSPS) is 20.4. The number of aliphatic hydroxyl groups is 2. The van der Waals surface area contributed by atoms with Crippen LogP contribution in [0.1, 0.15) is 50.2 Å². The minimum Gasteiger partial charge on any atom is -0.393 e. The van der Waals surface area contributed by atoms with Crippen LogP contribution in [-0.4, -0.2) is 60.2 Å². The Bertz CT molecular complexity index is 1400. The molecule has 2 aromatic heterocycles. The smallest absolute Gasteiger partial charge is 0.333 e. The van der Waals surface area contributed by atoms with Crippen molar-refractivity contribution < 1.29 is 32.3 Å². The second kappa shape index (κ2) is 12.1. The Morgan fingerprint density at radius 3 is 2.84 bits per heavy atom. The molecule has 2 heterocycles. The second-order valence-corrected chi connectivity index (χ2v) is 11.7. The molecule has 0 spiro atoms. The number of benzene rings is 1. The lowest BCUT2D eigenvalue weighted by atomic mass is 10.0. The number of hydrogen-bond acceptors (Lipinski definition) is 11. The first-order valence-electron chi connectivity index (χ1n) is 11.6. The van der Waals surface area contributed by atoms with E-state index in [9.17, 15) is 23.4 Å². The van der Waals surface area contributed by atoms with E-state index in [0.29, 0.717) is 38.7 Å². The van der Waals surface area contributed by atoms with Crippen LogP contribution < -0.4 is 10.5 Å². The Balaban J connectivity index is 1.55. The monoisotopic (exact) mass is 582 g/mol. The maximum Gasteiger partial charge on any atom is 0.333 e. The highest BCUT2D eigenvalue weighted by molar-refractivity contribution is 7.84. The van der Waals surface area contributed by atoms with Crippen molar-refractivity contribution in [1.82, 2.24) is 9.97 Å². The molecule has 14 heteroatoms. The molecule has 1 saturated carbocycles. The van der Waals surface area contributed by atoms with Crippen molar-refractivity contribution in [3.63, 3.8) is 0 Å². The highest BCUT2D eigenvalue weighted by Gasteiger charge is 2.35. The molecule has 1 aliphatic carbocycles. The van der Waals surface area contributed by atoms with Gasteiger partial charge in [-0.3, -0.25) is 8.98 Å². The van der Waals surface area contributed by atoms with Gasteiger partial charge in [-0.1, -0.05) is 23.7 Å². The SMILES string of the molecule is COCc1sc(C(=O)c2cncnc2NC2C[C@H](COS(N)(=O)=O)[C@@H](O)C2)cc1[C@H](O)c1cccc(Cl)c1. The van der Waals surface area contributed by atoms with E-state index in [1.807, 2.05) is 0 Å². The maximum absolute atomic E-state index is 13.6. The van der Waals surface area contributed by atoms with Crippen LogP contribution in [0.2, 0.25) is 5.02 Å². The number of aliphatic hydroxyl groups excluding tert-OH is 2. The molecule has 0 saturated heterocycles. The van der Waals surface area contributed by atoms with Crippen LogP contribution >= 0.6 is 22.9 Å². The van der Waals surface area contributed by atoms with Crippen molar-refractivity contribution in [1.29, 1.82) is 0 Å².